The van der Waals surface area contributed by atoms with Crippen molar-refractivity contribution in [3.05, 3.63) is 0 Å². The van der Waals surface area contributed by atoms with E-state index in [9.17, 15) is 9.59 Å². The summed E-state index contributed by atoms with van der Waals surface area (Å²) in [5.74, 6) is -1.12. The maximum Gasteiger partial charge on any atom is 0.320 e. The number of likely N-dealkylation sites (N-methyl/N-ethyl adjacent to an activating group) is 1. The first-order chi connectivity index (χ1) is 6.11. The summed E-state index contributed by atoms with van der Waals surface area (Å²) in [6.45, 7) is 1.95. The number of amides is 1. The largest absolute Gasteiger partial charge is 0.480 e. The van der Waals surface area contributed by atoms with Gasteiger partial charge in [-0.2, -0.15) is 0 Å². The van der Waals surface area contributed by atoms with Gasteiger partial charge in [-0.05, 0) is 6.42 Å². The van der Waals surface area contributed by atoms with Crippen LogP contribution in [0.4, 0.5) is 0 Å². The molecule has 0 aromatic carbocycles. The van der Waals surface area contributed by atoms with Crippen LogP contribution in [0.3, 0.4) is 0 Å². The van der Waals surface area contributed by atoms with Gasteiger partial charge in [-0.1, -0.05) is 13.3 Å². The number of carbonyl (C=O) groups is 2. The number of carbonyl (C=O) groups excluding carboxylic acids is 1. The van der Waals surface area contributed by atoms with Gasteiger partial charge in [-0.3, -0.25) is 14.9 Å². The lowest BCUT2D eigenvalue weighted by Crippen LogP contribution is -2.42. The third-order valence-corrected chi connectivity index (χ3v) is 1.66. The van der Waals surface area contributed by atoms with Gasteiger partial charge in [-0.25, -0.2) is 0 Å². The highest BCUT2D eigenvalue weighted by Crippen LogP contribution is 1.95. The number of aliphatic carboxylic acids is 1. The van der Waals surface area contributed by atoms with Gasteiger partial charge in [0.25, 0.3) is 0 Å². The molecule has 0 saturated heterocycles. The molecule has 0 aliphatic heterocycles. The summed E-state index contributed by atoms with van der Waals surface area (Å²) in [5.41, 5.74) is 0. The fourth-order valence-electron chi connectivity index (χ4n) is 0.906. The first kappa shape index (κ1) is 11.9. The van der Waals surface area contributed by atoms with Gasteiger partial charge in [0, 0.05) is 7.05 Å². The Hall–Kier alpha value is -1.10. The van der Waals surface area contributed by atoms with Crippen molar-refractivity contribution in [2.45, 2.75) is 25.8 Å². The molecule has 0 radical (unpaired) electrons. The number of hydrogen-bond donors (Lipinski definition) is 3. The van der Waals surface area contributed by atoms with Crippen LogP contribution < -0.4 is 10.6 Å². The normalized spacial score (nSPS) is 12.2. The van der Waals surface area contributed by atoms with Crippen molar-refractivity contribution in [2.75, 3.05) is 13.6 Å². The van der Waals surface area contributed by atoms with Crippen LogP contribution in [0.5, 0.6) is 0 Å². The second kappa shape index (κ2) is 6.42. The summed E-state index contributed by atoms with van der Waals surface area (Å²) in [6.07, 6.45) is 1.31. The predicted octanol–water partition coefficient (Wildman–Crippen LogP) is -0.425. The summed E-state index contributed by atoms with van der Waals surface area (Å²) in [6, 6.07) is -0.623. The molecule has 5 nitrogen and oxygen atoms in total. The molecule has 76 valence electrons. The van der Waals surface area contributed by atoms with Crippen molar-refractivity contribution in [1.82, 2.24) is 10.6 Å². The van der Waals surface area contributed by atoms with E-state index < -0.39 is 12.0 Å². The molecule has 5 heteroatoms. The van der Waals surface area contributed by atoms with E-state index in [1.54, 1.807) is 0 Å². The zero-order valence-corrected chi connectivity index (χ0v) is 7.96. The molecule has 0 spiro atoms. The summed E-state index contributed by atoms with van der Waals surface area (Å²) >= 11 is 0. The van der Waals surface area contributed by atoms with Crippen molar-refractivity contribution in [1.29, 1.82) is 0 Å². The quantitative estimate of drug-likeness (QED) is 0.529. The Kier molecular flexibility index (Phi) is 5.88. The molecule has 13 heavy (non-hydrogen) atoms. The van der Waals surface area contributed by atoms with Crippen molar-refractivity contribution >= 4 is 11.9 Å². The molecule has 0 saturated carbocycles. The zero-order chi connectivity index (χ0) is 10.3. The highest BCUT2D eigenvalue weighted by atomic mass is 16.4. The first-order valence-corrected chi connectivity index (χ1v) is 4.28. The van der Waals surface area contributed by atoms with Gasteiger partial charge in [-0.15, -0.1) is 0 Å². The topological polar surface area (TPSA) is 78.4 Å². The Labute approximate surface area is 77.5 Å². The van der Waals surface area contributed by atoms with E-state index >= 15 is 0 Å². The molecular weight excluding hydrogens is 172 g/mol. The van der Waals surface area contributed by atoms with Gasteiger partial charge in [0.1, 0.15) is 6.04 Å². The summed E-state index contributed by atoms with van der Waals surface area (Å²) in [5, 5.41) is 13.8. The smallest absolute Gasteiger partial charge is 0.320 e. The summed E-state index contributed by atoms with van der Waals surface area (Å²) in [4.78, 5) is 21.4. The van der Waals surface area contributed by atoms with Gasteiger partial charge in [0.05, 0.1) is 6.54 Å². The van der Waals surface area contributed by atoms with E-state index in [4.69, 9.17) is 5.11 Å². The predicted molar refractivity (Wildman–Crippen MR) is 48.4 cm³/mol. The van der Waals surface area contributed by atoms with Crippen LogP contribution >= 0.6 is 0 Å². The van der Waals surface area contributed by atoms with Crippen LogP contribution in [-0.2, 0) is 9.59 Å². The molecule has 0 heterocycles. The Morgan fingerprint density at radius 2 is 2.08 bits per heavy atom. The molecule has 0 fully saturated rings. The van der Waals surface area contributed by atoms with Gasteiger partial charge >= 0.3 is 5.97 Å². The Morgan fingerprint density at radius 1 is 1.46 bits per heavy atom. The lowest BCUT2D eigenvalue weighted by Gasteiger charge is -2.12. The molecule has 0 bridgehead atoms. The average molecular weight is 188 g/mol. The maximum atomic E-state index is 10.8. The first-order valence-electron chi connectivity index (χ1n) is 4.28. The Bertz CT molecular complexity index is 182. The number of rotatable bonds is 6. The summed E-state index contributed by atoms with van der Waals surface area (Å²) in [7, 11) is 1.51. The van der Waals surface area contributed by atoms with Crippen LogP contribution in [0.15, 0.2) is 0 Å². The second-order valence-corrected chi connectivity index (χ2v) is 2.73. The van der Waals surface area contributed by atoms with E-state index in [0.29, 0.717) is 6.42 Å². The maximum absolute atomic E-state index is 10.8. The van der Waals surface area contributed by atoms with Crippen molar-refractivity contribution in [3.8, 4) is 0 Å². The number of carboxylic acid groups (broad SMARTS) is 1. The average Bonchev–Trinajstić information content (AvgIpc) is 2.11. The lowest BCUT2D eigenvalue weighted by atomic mass is 10.2. The van der Waals surface area contributed by atoms with Crippen LogP contribution in [0, 0.1) is 0 Å². The monoisotopic (exact) mass is 188 g/mol. The Balaban J connectivity index is 3.82. The molecular formula is C8H16N2O3. The molecule has 0 aliphatic carbocycles. The molecule has 1 atom stereocenters. The van der Waals surface area contributed by atoms with Crippen LogP contribution in [0.2, 0.25) is 0 Å². The van der Waals surface area contributed by atoms with Crippen molar-refractivity contribution in [2.24, 2.45) is 0 Å². The van der Waals surface area contributed by atoms with E-state index in [1.807, 2.05) is 6.92 Å². The minimum Gasteiger partial charge on any atom is -0.480 e. The zero-order valence-electron chi connectivity index (χ0n) is 7.96. The van der Waals surface area contributed by atoms with Gasteiger partial charge < -0.3 is 10.4 Å². The SMILES string of the molecule is CCCC(NCC(=O)NC)C(=O)O. The molecule has 1 unspecified atom stereocenters. The molecule has 0 aromatic rings. The van der Waals surface area contributed by atoms with Crippen LogP contribution in [0.25, 0.3) is 0 Å². The Morgan fingerprint density at radius 3 is 2.46 bits per heavy atom. The van der Waals surface area contributed by atoms with E-state index in [2.05, 4.69) is 10.6 Å². The van der Waals surface area contributed by atoms with Crippen LogP contribution in [0.1, 0.15) is 19.8 Å². The molecule has 3 N–H and O–H groups in total. The molecule has 0 rings (SSSR count). The highest BCUT2D eigenvalue weighted by molar-refractivity contribution is 5.79. The fraction of sp³-hybridized carbons (Fsp3) is 0.750. The third kappa shape index (κ3) is 5.19. The number of nitrogens with one attached hydrogen (secondary N) is 2. The van der Waals surface area contributed by atoms with Crippen LogP contribution in [-0.4, -0.2) is 36.6 Å². The number of hydrogen-bond acceptors (Lipinski definition) is 3. The van der Waals surface area contributed by atoms with Gasteiger partial charge in [0.15, 0.2) is 0 Å². The second-order valence-electron chi connectivity index (χ2n) is 2.73. The van der Waals surface area contributed by atoms with E-state index in [0.717, 1.165) is 6.42 Å². The summed E-state index contributed by atoms with van der Waals surface area (Å²) < 4.78 is 0. The lowest BCUT2D eigenvalue weighted by molar-refractivity contribution is -0.139. The standard InChI is InChI=1S/C8H16N2O3/c1-3-4-6(8(12)13)10-5-7(11)9-2/h6,10H,3-5H2,1-2H3,(H,9,11)(H,12,13). The minimum atomic E-state index is -0.911. The fourth-order valence-corrected chi connectivity index (χ4v) is 0.906. The molecule has 0 aromatic heterocycles. The van der Waals surface area contributed by atoms with E-state index in [1.165, 1.54) is 7.05 Å². The van der Waals surface area contributed by atoms with E-state index in [-0.39, 0.29) is 12.5 Å². The third-order valence-electron chi connectivity index (χ3n) is 1.66. The minimum absolute atomic E-state index is 0.0491. The highest BCUT2D eigenvalue weighted by Gasteiger charge is 2.15. The number of carboxylic acids is 1. The van der Waals surface area contributed by atoms with Crippen molar-refractivity contribution < 1.29 is 14.7 Å². The molecule has 0 aliphatic rings. The van der Waals surface area contributed by atoms with Crippen molar-refractivity contribution in [3.63, 3.8) is 0 Å². The molecule has 1 amide bonds. The van der Waals surface area contributed by atoms with Gasteiger partial charge in [0.2, 0.25) is 5.91 Å².